The normalized spacial score (nSPS) is 21.8. The van der Waals surface area contributed by atoms with Crippen LogP contribution in [0.3, 0.4) is 0 Å². The zero-order chi connectivity index (χ0) is 25.8. The minimum Gasteiger partial charge on any atom is -0.348 e. The fraction of sp³-hybridized carbons (Fsp3) is 0.448. The number of pyridine rings is 3. The van der Waals surface area contributed by atoms with Gasteiger partial charge in [0, 0.05) is 43.3 Å². The molecule has 0 unspecified atom stereocenters. The van der Waals surface area contributed by atoms with E-state index in [1.807, 2.05) is 36.4 Å². The van der Waals surface area contributed by atoms with Gasteiger partial charge in [-0.25, -0.2) is 0 Å². The summed E-state index contributed by atoms with van der Waals surface area (Å²) in [6, 6.07) is 15.8. The van der Waals surface area contributed by atoms with Crippen molar-refractivity contribution in [3.63, 3.8) is 0 Å². The van der Waals surface area contributed by atoms with E-state index in [2.05, 4.69) is 27.5 Å². The molecule has 1 aliphatic heterocycles. The van der Waals surface area contributed by atoms with Gasteiger partial charge in [-0.1, -0.05) is 25.0 Å². The Hall–Kier alpha value is -3.15. The lowest BCUT2D eigenvalue weighted by molar-refractivity contribution is 0.0927. The van der Waals surface area contributed by atoms with Crippen LogP contribution < -0.4 is 10.9 Å². The maximum Gasteiger partial charge on any atom is 0.267 e. The molecule has 1 aliphatic carbocycles. The number of hydrogen-bond donors (Lipinski definition) is 1. The number of rotatable bonds is 6. The van der Waals surface area contributed by atoms with Crippen LogP contribution in [0.5, 0.6) is 0 Å². The number of likely N-dealkylation sites (tertiary alicyclic amines) is 1. The predicted octanol–water partition coefficient (Wildman–Crippen LogP) is 4.16. The van der Waals surface area contributed by atoms with Crippen molar-refractivity contribution in [1.29, 1.82) is 5.26 Å². The highest BCUT2D eigenvalue weighted by molar-refractivity contribution is 7.99. The first-order valence-electron chi connectivity index (χ1n) is 13.1. The maximum absolute atomic E-state index is 13.4. The standard InChI is InChI=1S/C29H33N5O2S/c1-37-25-10-3-2-8-23(25)32-27(35)22-18-21(24-9-5-7-15-34(24)28(22)36)19-33-16-12-29(20-30,13-17-33)26-11-4-6-14-31-26/h4-7,9,11,14-15,18,23,25H,2-3,8,10,12-13,16-17,19H2,1H3,(H,32,35)/t23-,25-/m1/s1. The fourth-order valence-corrected chi connectivity index (χ4v) is 6.74. The van der Waals surface area contributed by atoms with Gasteiger partial charge in [-0.3, -0.25) is 23.9 Å². The summed E-state index contributed by atoms with van der Waals surface area (Å²) in [6.07, 6.45) is 11.3. The SMILES string of the molecule is CS[C@@H]1CCCC[C@H]1NC(=O)c1cc(CN2CCC(C#N)(c3ccccn3)CC2)c2ccccn2c1=O. The molecule has 1 N–H and O–H groups in total. The molecule has 4 heterocycles. The van der Waals surface area contributed by atoms with Crippen molar-refractivity contribution in [2.75, 3.05) is 19.3 Å². The summed E-state index contributed by atoms with van der Waals surface area (Å²) in [5.41, 5.74) is 1.92. The Labute approximate surface area is 221 Å². The van der Waals surface area contributed by atoms with Gasteiger partial charge in [-0.05, 0) is 67.8 Å². The first-order chi connectivity index (χ1) is 18.0. The van der Waals surface area contributed by atoms with Crippen LogP contribution >= 0.6 is 11.8 Å². The molecular weight excluding hydrogens is 482 g/mol. The van der Waals surface area contributed by atoms with E-state index in [9.17, 15) is 14.9 Å². The number of aromatic nitrogens is 2. The van der Waals surface area contributed by atoms with E-state index in [1.165, 1.54) is 6.42 Å². The molecule has 192 valence electrons. The second-order valence-electron chi connectivity index (χ2n) is 10.2. The fourth-order valence-electron chi connectivity index (χ4n) is 5.81. The van der Waals surface area contributed by atoms with Gasteiger partial charge in [0.1, 0.15) is 11.0 Å². The molecule has 0 spiro atoms. The van der Waals surface area contributed by atoms with Gasteiger partial charge in [0.25, 0.3) is 11.5 Å². The average molecular weight is 516 g/mol. The number of carbonyl (C=O) groups excluding carboxylic acids is 1. The molecule has 0 aromatic carbocycles. The van der Waals surface area contributed by atoms with Gasteiger partial charge in [0.05, 0.1) is 17.3 Å². The monoisotopic (exact) mass is 515 g/mol. The number of carbonyl (C=O) groups is 1. The number of nitrogens with one attached hydrogen (secondary N) is 1. The summed E-state index contributed by atoms with van der Waals surface area (Å²) >= 11 is 1.79. The average Bonchev–Trinajstić information content (AvgIpc) is 2.96. The van der Waals surface area contributed by atoms with Crippen LogP contribution in [-0.2, 0) is 12.0 Å². The van der Waals surface area contributed by atoms with Crippen LogP contribution in [0.2, 0.25) is 0 Å². The molecule has 3 aromatic heterocycles. The number of hydrogen-bond acceptors (Lipinski definition) is 6. The van der Waals surface area contributed by atoms with Crippen molar-refractivity contribution in [2.24, 2.45) is 0 Å². The number of thioether (sulfide) groups is 1. The molecule has 5 rings (SSSR count). The number of amides is 1. The molecule has 1 saturated carbocycles. The molecular formula is C29H33N5O2S. The Morgan fingerprint density at radius 2 is 1.97 bits per heavy atom. The second-order valence-corrected chi connectivity index (χ2v) is 11.2. The molecule has 8 heteroatoms. The van der Waals surface area contributed by atoms with Gasteiger partial charge < -0.3 is 5.32 Å². The van der Waals surface area contributed by atoms with Crippen molar-refractivity contribution in [1.82, 2.24) is 19.6 Å². The molecule has 2 aliphatic rings. The zero-order valence-corrected chi connectivity index (χ0v) is 22.0. The van der Waals surface area contributed by atoms with E-state index in [0.717, 1.165) is 49.1 Å². The van der Waals surface area contributed by atoms with Gasteiger partial charge in [0.2, 0.25) is 0 Å². The highest BCUT2D eigenvalue weighted by Gasteiger charge is 2.38. The highest BCUT2D eigenvalue weighted by Crippen LogP contribution is 2.34. The van der Waals surface area contributed by atoms with Crippen LogP contribution in [0.4, 0.5) is 0 Å². The lowest BCUT2D eigenvalue weighted by Crippen LogP contribution is -2.45. The molecule has 2 atom stereocenters. The van der Waals surface area contributed by atoms with E-state index in [0.29, 0.717) is 24.6 Å². The lowest BCUT2D eigenvalue weighted by Gasteiger charge is -2.37. The zero-order valence-electron chi connectivity index (χ0n) is 21.2. The number of piperidine rings is 1. The summed E-state index contributed by atoms with van der Waals surface area (Å²) in [4.78, 5) is 33.5. The molecule has 1 amide bonds. The van der Waals surface area contributed by atoms with Crippen molar-refractivity contribution in [3.05, 3.63) is 82.0 Å². The molecule has 0 radical (unpaired) electrons. The van der Waals surface area contributed by atoms with Gasteiger partial charge >= 0.3 is 0 Å². The van der Waals surface area contributed by atoms with Gasteiger partial charge in [-0.15, -0.1) is 0 Å². The van der Waals surface area contributed by atoms with Crippen molar-refractivity contribution >= 4 is 23.2 Å². The van der Waals surface area contributed by atoms with Gasteiger partial charge in [-0.2, -0.15) is 17.0 Å². The van der Waals surface area contributed by atoms with Crippen LogP contribution in [0.15, 0.2) is 59.7 Å². The van der Waals surface area contributed by atoms with E-state index in [-0.39, 0.29) is 23.1 Å². The Morgan fingerprint density at radius 1 is 1.19 bits per heavy atom. The lowest BCUT2D eigenvalue weighted by atomic mass is 9.76. The molecule has 7 nitrogen and oxygen atoms in total. The predicted molar refractivity (Wildman–Crippen MR) is 147 cm³/mol. The quantitative estimate of drug-likeness (QED) is 0.530. The molecule has 37 heavy (non-hydrogen) atoms. The summed E-state index contributed by atoms with van der Waals surface area (Å²) in [5.74, 6) is -0.284. The first-order valence-corrected chi connectivity index (χ1v) is 14.4. The van der Waals surface area contributed by atoms with Crippen LogP contribution in [0.25, 0.3) is 5.52 Å². The van der Waals surface area contributed by atoms with E-state index < -0.39 is 5.41 Å². The summed E-state index contributed by atoms with van der Waals surface area (Å²) in [7, 11) is 0. The number of nitrogens with zero attached hydrogens (tertiary/aromatic N) is 4. The summed E-state index contributed by atoms with van der Waals surface area (Å²) in [6.45, 7) is 2.08. The van der Waals surface area contributed by atoms with E-state index in [1.54, 1.807) is 34.6 Å². The minimum absolute atomic E-state index is 0.0864. The largest absolute Gasteiger partial charge is 0.348 e. The van der Waals surface area contributed by atoms with Crippen molar-refractivity contribution in [2.45, 2.75) is 61.8 Å². The minimum atomic E-state index is -0.577. The molecule has 3 aromatic rings. The Balaban J connectivity index is 1.39. The third kappa shape index (κ3) is 5.16. The smallest absolute Gasteiger partial charge is 0.267 e. The number of fused-ring (bicyclic) bond motifs is 1. The molecule has 1 saturated heterocycles. The van der Waals surface area contributed by atoms with Crippen molar-refractivity contribution < 1.29 is 4.79 Å². The Kier molecular flexibility index (Phi) is 7.63. The highest BCUT2D eigenvalue weighted by atomic mass is 32.2. The summed E-state index contributed by atoms with van der Waals surface area (Å²) < 4.78 is 1.59. The third-order valence-corrected chi connectivity index (χ3v) is 9.17. The maximum atomic E-state index is 13.4. The molecule has 2 fully saturated rings. The van der Waals surface area contributed by atoms with Crippen molar-refractivity contribution in [3.8, 4) is 6.07 Å². The third-order valence-electron chi connectivity index (χ3n) is 8.00. The van der Waals surface area contributed by atoms with E-state index >= 15 is 0 Å². The van der Waals surface area contributed by atoms with Crippen LogP contribution in [-0.4, -0.2) is 50.8 Å². The van der Waals surface area contributed by atoms with Gasteiger partial charge in [0.15, 0.2) is 0 Å². The summed E-state index contributed by atoms with van der Waals surface area (Å²) in [5, 5.41) is 13.6. The van der Waals surface area contributed by atoms with E-state index in [4.69, 9.17) is 0 Å². The first kappa shape index (κ1) is 25.5. The Morgan fingerprint density at radius 3 is 2.70 bits per heavy atom. The second kappa shape index (κ2) is 11.1. The Bertz CT molecular complexity index is 1360. The topological polar surface area (TPSA) is 90.5 Å². The van der Waals surface area contributed by atoms with Crippen LogP contribution in [0, 0.1) is 11.3 Å². The molecule has 0 bridgehead atoms. The number of nitriles is 1. The van der Waals surface area contributed by atoms with Crippen LogP contribution in [0.1, 0.15) is 60.1 Å².